The number of carbonyl (C=O) groups excluding carboxylic acids is 4. The Labute approximate surface area is 374 Å². The number of likely N-dealkylation sites (tertiary alicyclic amines) is 2. The number of piperidine rings is 1. The second-order valence-corrected chi connectivity index (χ2v) is 17.8. The molecular weight excluding hydrogens is 851 g/mol. The molecule has 3 saturated heterocycles. The van der Waals surface area contributed by atoms with Crippen molar-refractivity contribution in [3.8, 4) is 33.6 Å². The molecule has 65 heavy (non-hydrogen) atoms. The zero-order valence-electron chi connectivity index (χ0n) is 37.6. The van der Waals surface area contributed by atoms with Crippen molar-refractivity contribution in [2.24, 2.45) is 11.8 Å². The van der Waals surface area contributed by atoms with Crippen LogP contribution in [0.25, 0.3) is 33.6 Å². The lowest BCUT2D eigenvalue weighted by atomic mass is 9.88. The van der Waals surface area contributed by atoms with Crippen molar-refractivity contribution in [3.05, 3.63) is 71.6 Å². The molecule has 2 aromatic heterocycles. The second kappa shape index (κ2) is 18.9. The minimum absolute atomic E-state index is 0.0267. The number of hydrogen-bond acceptors (Lipinski definition) is 9. The number of alkyl halides is 4. The van der Waals surface area contributed by atoms with Crippen LogP contribution in [0.1, 0.15) is 114 Å². The molecule has 0 spiro atoms. The molecule has 0 aliphatic carbocycles. The molecule has 4 aliphatic rings. The normalized spacial score (nSPS) is 23.0. The molecule has 0 saturated carbocycles. The summed E-state index contributed by atoms with van der Waals surface area (Å²) in [6.45, 7) is 7.78. The van der Waals surface area contributed by atoms with Crippen molar-refractivity contribution in [1.82, 2.24) is 45.7 Å². The highest BCUT2D eigenvalue weighted by Gasteiger charge is 2.51. The Balaban J connectivity index is 0.00000204. The van der Waals surface area contributed by atoms with Gasteiger partial charge in [0.2, 0.25) is 11.8 Å². The lowest BCUT2D eigenvalue weighted by Gasteiger charge is -2.29. The summed E-state index contributed by atoms with van der Waals surface area (Å²) < 4.78 is 68.6. The van der Waals surface area contributed by atoms with Crippen LogP contribution in [-0.4, -0.2) is 105 Å². The summed E-state index contributed by atoms with van der Waals surface area (Å²) in [5.74, 6) is -7.20. The number of H-pyrrole nitrogens is 2. The molecule has 3 fully saturated rings. The van der Waals surface area contributed by atoms with Gasteiger partial charge in [-0.1, -0.05) is 77.4 Å². The third-order valence-electron chi connectivity index (χ3n) is 12.4. The smallest absolute Gasteiger partial charge is 0.407 e. The Bertz CT molecular complexity index is 2390. The van der Waals surface area contributed by atoms with Crippen molar-refractivity contribution < 1.29 is 46.2 Å². The number of methoxy groups -OCH3 is 2. The molecule has 0 radical (unpaired) electrons. The molecule has 6 heterocycles. The number of benzene rings is 2. The summed E-state index contributed by atoms with van der Waals surface area (Å²) >= 11 is 0. The van der Waals surface area contributed by atoms with Gasteiger partial charge in [-0.25, -0.2) is 37.1 Å². The molecule has 6 atom stereocenters. The summed E-state index contributed by atoms with van der Waals surface area (Å²) in [6, 6.07) is 8.73. The van der Waals surface area contributed by atoms with Crippen LogP contribution in [0.5, 0.6) is 0 Å². The highest BCUT2D eigenvalue weighted by molar-refractivity contribution is 5.87. The lowest BCUT2D eigenvalue weighted by molar-refractivity contribution is -0.136. The second-order valence-electron chi connectivity index (χ2n) is 17.8. The number of hydrogen-bond donors (Lipinski definition) is 5. The molecule has 19 heteroatoms. The molecule has 350 valence electrons. The number of fused-ring (bicyclic) bond motifs is 5. The summed E-state index contributed by atoms with van der Waals surface area (Å²) in [5, 5.41) is 8.53. The summed E-state index contributed by atoms with van der Waals surface area (Å²) in [4.78, 5) is 67.7. The maximum absolute atomic E-state index is 15.1. The number of aromatic nitrogens is 4. The number of ether oxygens (including phenoxy) is 2. The Morgan fingerprint density at radius 1 is 0.769 bits per heavy atom. The van der Waals surface area contributed by atoms with E-state index < -0.39 is 92.4 Å². The monoisotopic (exact) mass is 907 g/mol. The van der Waals surface area contributed by atoms with Crippen molar-refractivity contribution in [2.45, 2.75) is 109 Å². The Kier molecular flexibility index (Phi) is 13.6. The van der Waals surface area contributed by atoms with Gasteiger partial charge in [-0.3, -0.25) is 9.59 Å². The number of alkyl carbamates (subject to hydrolysis) is 2. The molecule has 5 N–H and O–H groups in total. The van der Waals surface area contributed by atoms with Gasteiger partial charge in [-0.2, -0.15) is 0 Å². The van der Waals surface area contributed by atoms with Gasteiger partial charge >= 0.3 is 12.2 Å². The predicted molar refractivity (Wildman–Crippen MR) is 233 cm³/mol. The number of aromatic amines is 2. The minimum Gasteiger partial charge on any atom is -0.453 e. The molecule has 2 aromatic carbocycles. The first-order valence-corrected chi connectivity index (χ1v) is 22.0. The number of nitrogens with one attached hydrogen (secondary N) is 5. The van der Waals surface area contributed by atoms with E-state index in [1.165, 1.54) is 13.5 Å². The first kappa shape index (κ1) is 47.0. The quantitative estimate of drug-likeness (QED) is 0.0978. The third kappa shape index (κ3) is 9.84. The van der Waals surface area contributed by atoms with Crippen molar-refractivity contribution in [3.63, 3.8) is 0 Å². The van der Waals surface area contributed by atoms with E-state index in [0.717, 1.165) is 63.1 Å². The minimum atomic E-state index is -3.17. The number of carbonyl (C=O) groups is 4. The largest absolute Gasteiger partial charge is 0.453 e. The summed E-state index contributed by atoms with van der Waals surface area (Å²) in [6.07, 6.45) is 3.28. The third-order valence-corrected chi connectivity index (χ3v) is 12.4. The topological polar surface area (TPSA) is 187 Å². The van der Waals surface area contributed by atoms with Gasteiger partial charge in [-0.15, -0.1) is 0 Å². The van der Waals surface area contributed by atoms with Crippen LogP contribution in [0, 0.1) is 11.8 Å². The summed E-state index contributed by atoms with van der Waals surface area (Å²) in [7, 11) is 2.31. The van der Waals surface area contributed by atoms with E-state index in [4.69, 9.17) is 0 Å². The maximum Gasteiger partial charge on any atom is 0.407 e. The Morgan fingerprint density at radius 2 is 1.28 bits per heavy atom. The van der Waals surface area contributed by atoms with Crippen LogP contribution < -0.4 is 16.0 Å². The van der Waals surface area contributed by atoms with Gasteiger partial charge in [0, 0.05) is 30.5 Å². The molecule has 5 unspecified atom stereocenters. The SMILES string of the molecule is CCC.COC(=O)NCC(=O)N1CC(F)(F)CC1c1ncc(-c2ccc(-c3ccc(-c4cnc([C@@H]5CC(F)(F)CN5C(=O)C(NC(=O)OC)C(C)C)[nH]4)c4c3C3CC(C)CC4N3)cc2)[nH]1. The van der Waals surface area contributed by atoms with E-state index in [-0.39, 0.29) is 23.7 Å². The van der Waals surface area contributed by atoms with Gasteiger partial charge in [-0.05, 0) is 52.5 Å². The van der Waals surface area contributed by atoms with Gasteiger partial charge in [0.15, 0.2) is 0 Å². The molecule has 2 bridgehead atoms. The Hall–Kier alpha value is -5.98. The van der Waals surface area contributed by atoms with E-state index in [9.17, 15) is 28.0 Å². The van der Waals surface area contributed by atoms with Gasteiger partial charge < -0.3 is 45.2 Å². The van der Waals surface area contributed by atoms with Crippen LogP contribution in [0.4, 0.5) is 27.2 Å². The number of amides is 4. The lowest BCUT2D eigenvalue weighted by Crippen LogP contribution is -2.51. The zero-order chi connectivity index (χ0) is 47.0. The van der Waals surface area contributed by atoms with Gasteiger partial charge in [0.1, 0.15) is 24.2 Å². The maximum atomic E-state index is 15.1. The molecule has 4 amide bonds. The average molecular weight is 908 g/mol. The number of halogens is 4. The fourth-order valence-electron chi connectivity index (χ4n) is 9.50. The fourth-order valence-corrected chi connectivity index (χ4v) is 9.50. The standard InChI is InChI=1S/C43H49F4N9O6.C3H8/c1-21(2)36(54-41(60)62-5)39(58)56-20-43(46,47)15-32(56)38-49-17-30(53-38)26-11-10-25(34-27-12-22(3)13-28(51-27)35(26)34)23-6-8-24(9-7-23)29-16-48-37(52-29)31-14-42(44,45)19-55(31)33(57)18-50-40(59)61-4;1-3-2/h6-11,16-17,21-22,27-28,31-32,36,51H,12-15,18-20H2,1-5H3,(H,48,52)(H,49,53)(H,50,59)(H,54,60);3H2,1-2H3/t22?,27?,28?,31?,32-,36?;/m0./s1. The summed E-state index contributed by atoms with van der Waals surface area (Å²) in [5.41, 5.74) is 7.01. The fraction of sp³-hybridized carbons (Fsp3) is 0.522. The zero-order valence-corrected chi connectivity index (χ0v) is 37.6. The molecule has 8 rings (SSSR count). The number of nitrogens with zero attached hydrogens (tertiary/aromatic N) is 4. The molecule has 4 aromatic rings. The average Bonchev–Trinajstić information content (AvgIpc) is 4.11. The van der Waals surface area contributed by atoms with Crippen LogP contribution >= 0.6 is 0 Å². The Morgan fingerprint density at radius 3 is 1.86 bits per heavy atom. The number of imidazole rings is 2. The first-order valence-electron chi connectivity index (χ1n) is 22.0. The van der Waals surface area contributed by atoms with Gasteiger partial charge in [0.05, 0.1) is 63.2 Å². The van der Waals surface area contributed by atoms with Crippen LogP contribution in [0.15, 0.2) is 48.8 Å². The molecule has 4 aliphatic heterocycles. The van der Waals surface area contributed by atoms with E-state index >= 15 is 8.78 Å². The highest BCUT2D eigenvalue weighted by Crippen LogP contribution is 2.52. The van der Waals surface area contributed by atoms with E-state index in [1.54, 1.807) is 26.2 Å². The molecular formula is C46H57F4N9O6. The van der Waals surface area contributed by atoms with E-state index in [1.807, 2.05) is 36.4 Å². The van der Waals surface area contributed by atoms with E-state index in [0.29, 0.717) is 17.3 Å². The predicted octanol–water partition coefficient (Wildman–Crippen LogP) is 8.22. The first-order chi connectivity index (χ1) is 30.9. The molecule has 15 nitrogen and oxygen atoms in total. The van der Waals surface area contributed by atoms with Crippen molar-refractivity contribution in [2.75, 3.05) is 33.9 Å². The van der Waals surface area contributed by atoms with Crippen molar-refractivity contribution >= 4 is 24.0 Å². The van der Waals surface area contributed by atoms with Crippen LogP contribution in [-0.2, 0) is 19.1 Å². The van der Waals surface area contributed by atoms with Crippen LogP contribution in [0.2, 0.25) is 0 Å². The van der Waals surface area contributed by atoms with Crippen molar-refractivity contribution in [1.29, 1.82) is 0 Å². The highest BCUT2D eigenvalue weighted by atomic mass is 19.3. The van der Waals surface area contributed by atoms with Crippen LogP contribution in [0.3, 0.4) is 0 Å². The van der Waals surface area contributed by atoms with Gasteiger partial charge in [0.25, 0.3) is 11.8 Å². The number of rotatable bonds is 10. The van der Waals surface area contributed by atoms with E-state index in [2.05, 4.69) is 66.1 Å².